The number of nitrogens with zero attached hydrogens (tertiary/aromatic N) is 2. The van der Waals surface area contributed by atoms with Gasteiger partial charge in [0.15, 0.2) is 0 Å². The Balaban J connectivity index is 1.78. The second-order valence-corrected chi connectivity index (χ2v) is 6.97. The van der Waals surface area contributed by atoms with Crippen LogP contribution >= 0.6 is 0 Å². The fourth-order valence-electron chi connectivity index (χ4n) is 3.73. The van der Waals surface area contributed by atoms with Crippen LogP contribution in [0.4, 0.5) is 0 Å². The summed E-state index contributed by atoms with van der Waals surface area (Å²) in [6.45, 7) is 9.41. The molecule has 0 aromatic rings. The van der Waals surface area contributed by atoms with Crippen molar-refractivity contribution in [2.75, 3.05) is 32.8 Å². The molecule has 0 aromatic heterocycles. The van der Waals surface area contributed by atoms with Gasteiger partial charge in [-0.25, -0.2) is 0 Å². The molecule has 4 nitrogen and oxygen atoms in total. The molecule has 3 N–H and O–H groups in total. The van der Waals surface area contributed by atoms with Gasteiger partial charge in [-0.1, -0.05) is 13.3 Å². The van der Waals surface area contributed by atoms with Gasteiger partial charge in [-0.05, 0) is 52.1 Å². The fourth-order valence-corrected chi connectivity index (χ4v) is 3.73. The van der Waals surface area contributed by atoms with E-state index in [1.165, 1.54) is 38.9 Å². The largest absolute Gasteiger partial charge is 0.394 e. The Bertz CT molecular complexity index is 293. The first kappa shape index (κ1) is 16.2. The first-order chi connectivity index (χ1) is 9.58. The molecular formula is C16H33N3O. The van der Waals surface area contributed by atoms with Crippen LogP contribution in [0.2, 0.25) is 0 Å². The second-order valence-electron chi connectivity index (χ2n) is 6.97. The summed E-state index contributed by atoms with van der Waals surface area (Å²) in [5, 5.41) is 9.38. The Morgan fingerprint density at radius 1 is 1.30 bits per heavy atom. The summed E-state index contributed by atoms with van der Waals surface area (Å²) in [6.07, 6.45) is 7.03. The van der Waals surface area contributed by atoms with E-state index >= 15 is 0 Å². The molecule has 0 spiro atoms. The van der Waals surface area contributed by atoms with Crippen molar-refractivity contribution in [1.29, 1.82) is 0 Å². The SMILES string of the molecule is CCC(N)(CO)CCCN1CC2CCCCN2CC1C. The third kappa shape index (κ3) is 3.94. The maximum Gasteiger partial charge on any atom is 0.0611 e. The highest BCUT2D eigenvalue weighted by molar-refractivity contribution is 4.89. The quantitative estimate of drug-likeness (QED) is 0.774. The molecule has 0 aromatic carbocycles. The lowest BCUT2D eigenvalue weighted by Crippen LogP contribution is -2.58. The van der Waals surface area contributed by atoms with Gasteiger partial charge in [-0.15, -0.1) is 0 Å². The molecule has 2 heterocycles. The van der Waals surface area contributed by atoms with Crippen LogP contribution in [-0.4, -0.2) is 65.3 Å². The first-order valence-electron chi connectivity index (χ1n) is 8.46. The minimum atomic E-state index is -0.365. The number of hydrogen-bond donors (Lipinski definition) is 2. The highest BCUT2D eigenvalue weighted by Crippen LogP contribution is 2.24. The lowest BCUT2D eigenvalue weighted by molar-refractivity contribution is 0.0134. The fraction of sp³-hybridized carbons (Fsp3) is 1.00. The molecule has 2 aliphatic heterocycles. The van der Waals surface area contributed by atoms with Crippen molar-refractivity contribution in [3.8, 4) is 0 Å². The summed E-state index contributed by atoms with van der Waals surface area (Å²) < 4.78 is 0. The Labute approximate surface area is 124 Å². The minimum absolute atomic E-state index is 0.107. The van der Waals surface area contributed by atoms with Gasteiger partial charge in [0, 0.05) is 30.7 Å². The van der Waals surface area contributed by atoms with Crippen molar-refractivity contribution in [3.05, 3.63) is 0 Å². The number of piperazine rings is 1. The summed E-state index contributed by atoms with van der Waals surface area (Å²) in [5.41, 5.74) is 5.81. The molecule has 2 aliphatic rings. The lowest BCUT2D eigenvalue weighted by Gasteiger charge is -2.47. The predicted octanol–water partition coefficient (Wildman–Crippen LogP) is 1.42. The highest BCUT2D eigenvalue weighted by atomic mass is 16.3. The average molecular weight is 283 g/mol. The van der Waals surface area contributed by atoms with Gasteiger partial charge in [-0.3, -0.25) is 9.80 Å². The van der Waals surface area contributed by atoms with Crippen molar-refractivity contribution in [3.63, 3.8) is 0 Å². The molecule has 2 fully saturated rings. The Hall–Kier alpha value is -0.160. The minimum Gasteiger partial charge on any atom is -0.394 e. The monoisotopic (exact) mass is 283 g/mol. The highest BCUT2D eigenvalue weighted by Gasteiger charge is 2.32. The van der Waals surface area contributed by atoms with Gasteiger partial charge < -0.3 is 10.8 Å². The normalized spacial score (nSPS) is 31.8. The van der Waals surface area contributed by atoms with Crippen LogP contribution in [0.25, 0.3) is 0 Å². The lowest BCUT2D eigenvalue weighted by atomic mass is 9.92. The summed E-state index contributed by atoms with van der Waals surface area (Å²) in [6, 6.07) is 1.44. The Kier molecular flexibility index (Phi) is 5.84. The molecule has 0 aliphatic carbocycles. The predicted molar refractivity (Wildman–Crippen MR) is 83.8 cm³/mol. The number of aliphatic hydroxyl groups excluding tert-OH is 1. The van der Waals surface area contributed by atoms with Gasteiger partial charge in [0.25, 0.3) is 0 Å². The summed E-state index contributed by atoms with van der Waals surface area (Å²) in [7, 11) is 0. The van der Waals surface area contributed by atoms with Crippen molar-refractivity contribution >= 4 is 0 Å². The average Bonchev–Trinajstić information content (AvgIpc) is 2.47. The number of piperidine rings is 1. The van der Waals surface area contributed by atoms with E-state index in [1.54, 1.807) is 0 Å². The molecule has 3 unspecified atom stereocenters. The Morgan fingerprint density at radius 3 is 2.80 bits per heavy atom. The summed E-state index contributed by atoms with van der Waals surface area (Å²) in [5.74, 6) is 0. The summed E-state index contributed by atoms with van der Waals surface area (Å²) >= 11 is 0. The Morgan fingerprint density at radius 2 is 2.10 bits per heavy atom. The van der Waals surface area contributed by atoms with Crippen molar-refractivity contribution in [2.45, 2.75) is 70.0 Å². The van der Waals surface area contributed by atoms with Crippen LogP contribution in [0.1, 0.15) is 52.4 Å². The smallest absolute Gasteiger partial charge is 0.0611 e. The van der Waals surface area contributed by atoms with Crippen LogP contribution in [0.3, 0.4) is 0 Å². The molecule has 118 valence electrons. The van der Waals surface area contributed by atoms with E-state index in [1.807, 2.05) is 0 Å². The number of fused-ring (bicyclic) bond motifs is 1. The van der Waals surface area contributed by atoms with Gasteiger partial charge in [0.05, 0.1) is 6.61 Å². The van der Waals surface area contributed by atoms with Crippen LogP contribution in [0, 0.1) is 0 Å². The molecule has 3 atom stereocenters. The molecular weight excluding hydrogens is 250 g/mol. The second kappa shape index (κ2) is 7.21. The van der Waals surface area contributed by atoms with E-state index in [0.29, 0.717) is 6.04 Å². The zero-order valence-corrected chi connectivity index (χ0v) is 13.4. The number of aliphatic hydroxyl groups is 1. The van der Waals surface area contributed by atoms with E-state index in [2.05, 4.69) is 23.6 Å². The molecule has 0 radical (unpaired) electrons. The van der Waals surface area contributed by atoms with Gasteiger partial charge in [0.2, 0.25) is 0 Å². The van der Waals surface area contributed by atoms with E-state index < -0.39 is 0 Å². The molecule has 0 amide bonds. The topological polar surface area (TPSA) is 52.7 Å². The van der Waals surface area contributed by atoms with Gasteiger partial charge >= 0.3 is 0 Å². The molecule has 0 saturated carbocycles. The number of nitrogens with two attached hydrogens (primary N) is 1. The third-order valence-electron chi connectivity index (χ3n) is 5.46. The zero-order valence-electron chi connectivity index (χ0n) is 13.4. The number of rotatable bonds is 6. The van der Waals surface area contributed by atoms with Crippen LogP contribution in [-0.2, 0) is 0 Å². The van der Waals surface area contributed by atoms with E-state index in [-0.39, 0.29) is 12.1 Å². The molecule has 20 heavy (non-hydrogen) atoms. The molecule has 2 rings (SSSR count). The zero-order chi connectivity index (χ0) is 14.6. The maximum atomic E-state index is 9.38. The van der Waals surface area contributed by atoms with Gasteiger partial charge in [-0.2, -0.15) is 0 Å². The van der Waals surface area contributed by atoms with Gasteiger partial charge in [0.1, 0.15) is 0 Å². The van der Waals surface area contributed by atoms with Crippen molar-refractivity contribution in [2.24, 2.45) is 5.73 Å². The third-order valence-corrected chi connectivity index (χ3v) is 5.46. The molecule has 0 bridgehead atoms. The van der Waals surface area contributed by atoms with Crippen LogP contribution in [0.5, 0.6) is 0 Å². The maximum absolute atomic E-state index is 9.38. The van der Waals surface area contributed by atoms with Crippen molar-refractivity contribution < 1.29 is 5.11 Å². The van der Waals surface area contributed by atoms with Crippen LogP contribution in [0.15, 0.2) is 0 Å². The number of hydrogen-bond acceptors (Lipinski definition) is 4. The van der Waals surface area contributed by atoms with E-state index in [4.69, 9.17) is 5.73 Å². The van der Waals surface area contributed by atoms with E-state index in [9.17, 15) is 5.11 Å². The van der Waals surface area contributed by atoms with E-state index in [0.717, 1.165) is 31.8 Å². The summed E-state index contributed by atoms with van der Waals surface area (Å²) in [4.78, 5) is 5.33. The molecule has 4 heteroatoms. The van der Waals surface area contributed by atoms with Crippen LogP contribution < -0.4 is 5.73 Å². The van der Waals surface area contributed by atoms with Crippen molar-refractivity contribution in [1.82, 2.24) is 9.80 Å². The molecule has 2 saturated heterocycles. The standard InChI is InChI=1S/C16H33N3O/c1-3-16(17,13-20)8-6-10-18-12-15-7-4-5-9-19(15)11-14(18)2/h14-15,20H,3-13,17H2,1-2H3. The first-order valence-corrected chi connectivity index (χ1v) is 8.46.